The van der Waals surface area contributed by atoms with Gasteiger partial charge in [-0.25, -0.2) is 4.99 Å². The van der Waals surface area contributed by atoms with Crippen LogP contribution in [0.25, 0.3) is 0 Å². The predicted octanol–water partition coefficient (Wildman–Crippen LogP) is 0.391. The van der Waals surface area contributed by atoms with Crippen molar-refractivity contribution in [1.29, 1.82) is 0 Å². The summed E-state index contributed by atoms with van der Waals surface area (Å²) in [5.41, 5.74) is 1.69. The predicted molar refractivity (Wildman–Crippen MR) is 110 cm³/mol. The molecule has 0 spiro atoms. The van der Waals surface area contributed by atoms with Crippen molar-refractivity contribution in [3.63, 3.8) is 0 Å². The minimum absolute atomic E-state index is 0.0588. The number of guanidine groups is 1. The van der Waals surface area contributed by atoms with Gasteiger partial charge in [-0.05, 0) is 37.0 Å². The SMILES string of the molecule is CNC(=O)c1cccc(CCNC(=NCC(=O)N(C)C)NCC2CCCO2)c1. The van der Waals surface area contributed by atoms with Crippen molar-refractivity contribution in [2.75, 3.05) is 47.4 Å². The van der Waals surface area contributed by atoms with Crippen LogP contribution in [0.4, 0.5) is 0 Å². The zero-order valence-electron chi connectivity index (χ0n) is 17.0. The molecule has 1 saturated heterocycles. The first-order valence-corrected chi connectivity index (χ1v) is 9.64. The van der Waals surface area contributed by atoms with E-state index in [-0.39, 0.29) is 24.5 Å². The number of hydrogen-bond acceptors (Lipinski definition) is 4. The average molecular weight is 390 g/mol. The number of amides is 2. The van der Waals surface area contributed by atoms with Crippen molar-refractivity contribution in [2.45, 2.75) is 25.4 Å². The third-order valence-electron chi connectivity index (χ3n) is 4.51. The molecule has 1 aromatic carbocycles. The highest BCUT2D eigenvalue weighted by Gasteiger charge is 2.15. The van der Waals surface area contributed by atoms with E-state index in [0.29, 0.717) is 24.6 Å². The van der Waals surface area contributed by atoms with Crippen molar-refractivity contribution in [3.05, 3.63) is 35.4 Å². The first-order valence-electron chi connectivity index (χ1n) is 9.64. The largest absolute Gasteiger partial charge is 0.376 e. The number of ether oxygens (including phenoxy) is 1. The van der Waals surface area contributed by atoms with E-state index in [1.165, 1.54) is 4.90 Å². The number of hydrogen-bond donors (Lipinski definition) is 3. The number of carbonyl (C=O) groups excluding carboxylic acids is 2. The third-order valence-corrected chi connectivity index (χ3v) is 4.51. The molecule has 0 aromatic heterocycles. The molecule has 2 rings (SSSR count). The second-order valence-corrected chi connectivity index (χ2v) is 6.93. The van der Waals surface area contributed by atoms with E-state index in [1.54, 1.807) is 27.2 Å². The number of rotatable bonds is 8. The lowest BCUT2D eigenvalue weighted by Crippen LogP contribution is -2.42. The van der Waals surface area contributed by atoms with E-state index < -0.39 is 0 Å². The lowest BCUT2D eigenvalue weighted by atomic mass is 10.1. The molecule has 0 radical (unpaired) electrons. The Morgan fingerprint density at radius 2 is 2.11 bits per heavy atom. The molecule has 2 amide bonds. The summed E-state index contributed by atoms with van der Waals surface area (Å²) < 4.78 is 5.63. The Morgan fingerprint density at radius 3 is 2.79 bits per heavy atom. The highest BCUT2D eigenvalue weighted by atomic mass is 16.5. The van der Waals surface area contributed by atoms with E-state index in [0.717, 1.165) is 31.4 Å². The summed E-state index contributed by atoms with van der Waals surface area (Å²) in [6.07, 6.45) is 3.02. The first kappa shape index (κ1) is 21.7. The molecule has 1 fully saturated rings. The summed E-state index contributed by atoms with van der Waals surface area (Å²) >= 11 is 0. The molecular weight excluding hydrogens is 358 g/mol. The van der Waals surface area contributed by atoms with Gasteiger partial charge in [-0.3, -0.25) is 9.59 Å². The molecule has 1 aliphatic rings. The molecule has 0 aliphatic carbocycles. The molecule has 28 heavy (non-hydrogen) atoms. The lowest BCUT2D eigenvalue weighted by Gasteiger charge is -2.16. The van der Waals surface area contributed by atoms with Crippen LogP contribution in [0.5, 0.6) is 0 Å². The summed E-state index contributed by atoms with van der Waals surface area (Å²) in [6.45, 7) is 2.17. The Balaban J connectivity index is 1.90. The fourth-order valence-electron chi connectivity index (χ4n) is 2.82. The Kier molecular flexibility index (Phi) is 8.74. The first-order chi connectivity index (χ1) is 13.5. The molecule has 3 N–H and O–H groups in total. The molecule has 154 valence electrons. The van der Waals surface area contributed by atoms with Crippen LogP contribution < -0.4 is 16.0 Å². The van der Waals surface area contributed by atoms with Gasteiger partial charge in [-0.1, -0.05) is 12.1 Å². The number of aliphatic imine (C=N–C) groups is 1. The van der Waals surface area contributed by atoms with Gasteiger partial charge in [0, 0.05) is 46.4 Å². The minimum atomic E-state index is -0.0995. The highest BCUT2D eigenvalue weighted by Crippen LogP contribution is 2.10. The number of carbonyl (C=O) groups is 2. The van der Waals surface area contributed by atoms with Crippen molar-refractivity contribution in [1.82, 2.24) is 20.9 Å². The Morgan fingerprint density at radius 1 is 1.29 bits per heavy atom. The van der Waals surface area contributed by atoms with Crippen LogP contribution in [0.1, 0.15) is 28.8 Å². The normalized spacial score (nSPS) is 16.5. The molecule has 1 heterocycles. The summed E-state index contributed by atoms with van der Waals surface area (Å²) in [5.74, 6) is 0.433. The monoisotopic (exact) mass is 389 g/mol. The van der Waals surface area contributed by atoms with E-state index in [1.807, 2.05) is 18.2 Å². The van der Waals surface area contributed by atoms with E-state index in [4.69, 9.17) is 4.74 Å². The Hall–Kier alpha value is -2.61. The van der Waals surface area contributed by atoms with E-state index >= 15 is 0 Å². The molecule has 0 saturated carbocycles. The van der Waals surface area contributed by atoms with E-state index in [2.05, 4.69) is 20.9 Å². The minimum Gasteiger partial charge on any atom is -0.376 e. The van der Waals surface area contributed by atoms with Crippen LogP contribution in [0, 0.1) is 0 Å². The van der Waals surface area contributed by atoms with Gasteiger partial charge < -0.3 is 25.6 Å². The van der Waals surface area contributed by atoms with Gasteiger partial charge in [0.1, 0.15) is 6.54 Å². The van der Waals surface area contributed by atoms with Gasteiger partial charge in [-0.2, -0.15) is 0 Å². The number of likely N-dealkylation sites (N-methyl/N-ethyl adjacent to an activating group) is 1. The van der Waals surface area contributed by atoms with Crippen LogP contribution in [0.3, 0.4) is 0 Å². The molecule has 1 atom stereocenters. The van der Waals surface area contributed by atoms with Gasteiger partial charge in [0.25, 0.3) is 5.91 Å². The quantitative estimate of drug-likeness (QED) is 0.442. The van der Waals surface area contributed by atoms with Crippen molar-refractivity contribution in [3.8, 4) is 0 Å². The fraction of sp³-hybridized carbons (Fsp3) is 0.550. The highest BCUT2D eigenvalue weighted by molar-refractivity contribution is 5.94. The zero-order valence-corrected chi connectivity index (χ0v) is 17.0. The topological polar surface area (TPSA) is 95.1 Å². The summed E-state index contributed by atoms with van der Waals surface area (Å²) in [7, 11) is 5.04. The fourth-order valence-corrected chi connectivity index (χ4v) is 2.82. The Labute approximate surface area is 166 Å². The average Bonchev–Trinajstić information content (AvgIpc) is 3.22. The molecule has 8 heteroatoms. The molecule has 1 aromatic rings. The zero-order chi connectivity index (χ0) is 20.4. The maximum absolute atomic E-state index is 11.8. The molecule has 1 unspecified atom stereocenters. The number of benzene rings is 1. The lowest BCUT2D eigenvalue weighted by molar-refractivity contribution is -0.127. The van der Waals surface area contributed by atoms with Gasteiger partial charge in [0.05, 0.1) is 6.10 Å². The maximum atomic E-state index is 11.8. The molecule has 0 bridgehead atoms. The van der Waals surface area contributed by atoms with Crippen LogP contribution in [0.2, 0.25) is 0 Å². The van der Waals surface area contributed by atoms with Gasteiger partial charge in [0.15, 0.2) is 5.96 Å². The summed E-state index contributed by atoms with van der Waals surface area (Å²) in [4.78, 5) is 29.5. The van der Waals surface area contributed by atoms with Crippen molar-refractivity contribution >= 4 is 17.8 Å². The van der Waals surface area contributed by atoms with Crippen molar-refractivity contribution in [2.24, 2.45) is 4.99 Å². The second kappa shape index (κ2) is 11.3. The molecular formula is C20H31N5O3. The van der Waals surface area contributed by atoms with Crippen LogP contribution >= 0.6 is 0 Å². The van der Waals surface area contributed by atoms with Gasteiger partial charge in [-0.15, -0.1) is 0 Å². The van der Waals surface area contributed by atoms with Gasteiger partial charge >= 0.3 is 0 Å². The van der Waals surface area contributed by atoms with Gasteiger partial charge in [0.2, 0.25) is 5.91 Å². The van der Waals surface area contributed by atoms with Crippen LogP contribution in [-0.4, -0.2) is 76.2 Å². The van der Waals surface area contributed by atoms with E-state index in [9.17, 15) is 9.59 Å². The molecule has 1 aliphatic heterocycles. The third kappa shape index (κ3) is 7.19. The summed E-state index contributed by atoms with van der Waals surface area (Å²) in [5, 5.41) is 9.15. The Bertz CT molecular complexity index is 684. The maximum Gasteiger partial charge on any atom is 0.251 e. The van der Waals surface area contributed by atoms with Crippen LogP contribution in [-0.2, 0) is 16.0 Å². The van der Waals surface area contributed by atoms with Crippen molar-refractivity contribution < 1.29 is 14.3 Å². The van der Waals surface area contributed by atoms with Crippen LogP contribution in [0.15, 0.2) is 29.3 Å². The smallest absolute Gasteiger partial charge is 0.251 e. The summed E-state index contributed by atoms with van der Waals surface area (Å²) in [6, 6.07) is 7.53. The standard InChI is InChI=1S/C20H31N5O3/c1-21-19(27)16-7-4-6-15(12-16)9-10-22-20(24-14-18(26)25(2)3)23-13-17-8-5-11-28-17/h4,6-7,12,17H,5,8-11,13-14H2,1-3H3,(H,21,27)(H2,22,23,24). The number of nitrogens with one attached hydrogen (secondary N) is 3. The number of nitrogens with zero attached hydrogens (tertiary/aromatic N) is 2. The second-order valence-electron chi connectivity index (χ2n) is 6.93. The molecule has 8 nitrogen and oxygen atoms in total.